The van der Waals surface area contributed by atoms with Crippen molar-refractivity contribution >= 4 is 23.3 Å². The molecule has 0 aliphatic heterocycles. The maximum atomic E-state index is 12.2. The third kappa shape index (κ3) is 5.48. The molecule has 0 fully saturated rings. The Kier molecular flexibility index (Phi) is 6.97. The van der Waals surface area contributed by atoms with E-state index in [-0.39, 0.29) is 18.1 Å². The van der Waals surface area contributed by atoms with Gasteiger partial charge in [-0.1, -0.05) is 54.4 Å². The van der Waals surface area contributed by atoms with Gasteiger partial charge in [-0.25, -0.2) is 5.48 Å². The quantitative estimate of drug-likeness (QED) is 0.317. The highest BCUT2D eigenvalue weighted by molar-refractivity contribution is 6.30. The Hall–Kier alpha value is -2.17. The van der Waals surface area contributed by atoms with Crippen LogP contribution in [0.5, 0.6) is 0 Å². The van der Waals surface area contributed by atoms with Gasteiger partial charge in [0.25, 0.3) is 0 Å². The first-order chi connectivity index (χ1) is 11.6. The van der Waals surface area contributed by atoms with Crippen LogP contribution in [0.1, 0.15) is 42.5 Å². The smallest absolute Gasteiger partial charge is 0.243 e. The molecule has 4 nitrogen and oxygen atoms in total. The van der Waals surface area contributed by atoms with Crippen LogP contribution < -0.4 is 5.48 Å². The molecule has 5 heteroatoms. The minimum absolute atomic E-state index is 0.101. The van der Waals surface area contributed by atoms with Crippen LogP contribution in [0.3, 0.4) is 0 Å². The maximum absolute atomic E-state index is 12.2. The number of rotatable bonds is 8. The van der Waals surface area contributed by atoms with Crippen molar-refractivity contribution in [1.82, 2.24) is 5.48 Å². The lowest BCUT2D eigenvalue weighted by atomic mass is 10.00. The first-order valence-electron chi connectivity index (χ1n) is 7.92. The lowest BCUT2D eigenvalue weighted by molar-refractivity contribution is -0.129. The lowest BCUT2D eigenvalue weighted by Crippen LogP contribution is -2.17. The Labute approximate surface area is 146 Å². The normalized spacial score (nSPS) is 10.4. The van der Waals surface area contributed by atoms with E-state index in [4.69, 9.17) is 16.8 Å². The Morgan fingerprint density at radius 1 is 0.833 bits per heavy atom. The average Bonchev–Trinajstić information content (AvgIpc) is 2.62. The second-order valence-corrected chi connectivity index (χ2v) is 6.04. The van der Waals surface area contributed by atoms with Crippen molar-refractivity contribution < 1.29 is 14.8 Å². The van der Waals surface area contributed by atoms with Gasteiger partial charge in [-0.05, 0) is 36.1 Å². The van der Waals surface area contributed by atoms with Gasteiger partial charge in [0.1, 0.15) is 0 Å². The van der Waals surface area contributed by atoms with Crippen molar-refractivity contribution in [3.63, 3.8) is 0 Å². The number of amides is 1. The standard InChI is InChI=1S/C19H20ClNO3/c20-17-12-10-15(11-13-17)14-6-8-16(9-7-14)18(22)4-2-1-3-5-19(23)21-24/h6-13,24H,1-5H2,(H,21,23). The van der Waals surface area contributed by atoms with Gasteiger partial charge in [-0.2, -0.15) is 0 Å². The average molecular weight is 346 g/mol. The highest BCUT2D eigenvalue weighted by atomic mass is 35.5. The first kappa shape index (κ1) is 18.2. The number of halogens is 1. The Morgan fingerprint density at radius 3 is 1.96 bits per heavy atom. The van der Waals surface area contributed by atoms with E-state index in [1.165, 1.54) is 0 Å². The molecule has 0 spiro atoms. The molecule has 2 aromatic rings. The van der Waals surface area contributed by atoms with Gasteiger partial charge in [-0.3, -0.25) is 14.8 Å². The van der Waals surface area contributed by atoms with Crippen LogP contribution in [0.2, 0.25) is 5.02 Å². The largest absolute Gasteiger partial charge is 0.294 e. The molecule has 24 heavy (non-hydrogen) atoms. The molecular formula is C19H20ClNO3. The third-order valence-corrected chi connectivity index (χ3v) is 4.07. The number of benzene rings is 2. The van der Waals surface area contributed by atoms with Crippen molar-refractivity contribution in [3.05, 3.63) is 59.1 Å². The SMILES string of the molecule is O=C(CCCCCC(=O)c1ccc(-c2ccc(Cl)cc2)cc1)NO. The van der Waals surface area contributed by atoms with Crippen LogP contribution in [0.4, 0.5) is 0 Å². The summed E-state index contributed by atoms with van der Waals surface area (Å²) in [5, 5.41) is 9.08. The van der Waals surface area contributed by atoms with Crippen LogP contribution in [0.15, 0.2) is 48.5 Å². The maximum Gasteiger partial charge on any atom is 0.243 e. The molecular weight excluding hydrogens is 326 g/mol. The number of ketones is 1. The fourth-order valence-electron chi connectivity index (χ4n) is 2.44. The highest BCUT2D eigenvalue weighted by Gasteiger charge is 2.07. The van der Waals surface area contributed by atoms with Gasteiger partial charge in [0.2, 0.25) is 5.91 Å². The lowest BCUT2D eigenvalue weighted by Gasteiger charge is -2.05. The van der Waals surface area contributed by atoms with E-state index in [1.54, 1.807) is 5.48 Å². The van der Waals surface area contributed by atoms with E-state index >= 15 is 0 Å². The number of hydrogen-bond donors (Lipinski definition) is 2. The minimum Gasteiger partial charge on any atom is -0.294 e. The van der Waals surface area contributed by atoms with Gasteiger partial charge < -0.3 is 0 Å². The van der Waals surface area contributed by atoms with E-state index in [9.17, 15) is 9.59 Å². The number of hydroxylamine groups is 1. The van der Waals surface area contributed by atoms with Gasteiger partial charge in [-0.15, -0.1) is 0 Å². The summed E-state index contributed by atoms with van der Waals surface area (Å²) in [6.07, 6.45) is 2.91. The van der Waals surface area contributed by atoms with E-state index in [1.807, 2.05) is 48.5 Å². The van der Waals surface area contributed by atoms with Crippen LogP contribution in [0, 0.1) is 0 Å². The van der Waals surface area contributed by atoms with Gasteiger partial charge >= 0.3 is 0 Å². The number of Topliss-reactive ketones (excluding diaryl/α,β-unsaturated/α-hetero) is 1. The monoisotopic (exact) mass is 345 g/mol. The number of nitrogens with one attached hydrogen (secondary N) is 1. The molecule has 0 unspecified atom stereocenters. The second kappa shape index (κ2) is 9.21. The number of hydrogen-bond acceptors (Lipinski definition) is 3. The van der Waals surface area contributed by atoms with Crippen molar-refractivity contribution in [3.8, 4) is 11.1 Å². The number of carbonyl (C=O) groups excluding carboxylic acids is 2. The van der Waals surface area contributed by atoms with Crippen LogP contribution in [-0.2, 0) is 4.79 Å². The second-order valence-electron chi connectivity index (χ2n) is 5.60. The molecule has 126 valence electrons. The molecule has 1 amide bonds. The summed E-state index contributed by atoms with van der Waals surface area (Å²) < 4.78 is 0. The summed E-state index contributed by atoms with van der Waals surface area (Å²) in [6, 6.07) is 15.1. The molecule has 0 aromatic heterocycles. The van der Waals surface area contributed by atoms with E-state index < -0.39 is 0 Å². The molecule has 0 atom stereocenters. The number of carbonyl (C=O) groups is 2. The molecule has 0 saturated carbocycles. The molecule has 2 rings (SSSR count). The van der Waals surface area contributed by atoms with Crippen LogP contribution >= 0.6 is 11.6 Å². The van der Waals surface area contributed by atoms with Gasteiger partial charge in [0, 0.05) is 23.4 Å². The van der Waals surface area contributed by atoms with Crippen molar-refractivity contribution in [2.75, 3.05) is 0 Å². The summed E-state index contributed by atoms with van der Waals surface area (Å²) in [5.41, 5.74) is 4.39. The topological polar surface area (TPSA) is 66.4 Å². The van der Waals surface area contributed by atoms with E-state index in [2.05, 4.69) is 0 Å². The Morgan fingerprint density at radius 2 is 1.38 bits per heavy atom. The van der Waals surface area contributed by atoms with Gasteiger partial charge in [0.05, 0.1) is 0 Å². The summed E-state index contributed by atoms with van der Waals surface area (Å²) in [7, 11) is 0. The predicted octanol–water partition coefficient (Wildman–Crippen LogP) is 4.65. The Balaban J connectivity index is 1.83. The molecule has 0 aliphatic carbocycles. The zero-order valence-electron chi connectivity index (χ0n) is 13.3. The molecule has 2 N–H and O–H groups in total. The summed E-state index contributed by atoms with van der Waals surface area (Å²) in [5.74, 6) is -0.289. The third-order valence-electron chi connectivity index (χ3n) is 3.82. The molecule has 2 aromatic carbocycles. The van der Waals surface area contributed by atoms with Crippen molar-refractivity contribution in [2.24, 2.45) is 0 Å². The Bertz CT molecular complexity index is 681. The molecule has 0 saturated heterocycles. The van der Waals surface area contributed by atoms with Gasteiger partial charge in [0.15, 0.2) is 5.78 Å². The zero-order chi connectivity index (χ0) is 17.4. The van der Waals surface area contributed by atoms with Crippen molar-refractivity contribution in [2.45, 2.75) is 32.1 Å². The van der Waals surface area contributed by atoms with E-state index in [0.717, 1.165) is 24.0 Å². The fraction of sp³-hybridized carbons (Fsp3) is 0.263. The van der Waals surface area contributed by atoms with Crippen LogP contribution in [0.25, 0.3) is 11.1 Å². The van der Waals surface area contributed by atoms with Crippen LogP contribution in [-0.4, -0.2) is 16.9 Å². The summed E-state index contributed by atoms with van der Waals surface area (Å²) in [6.45, 7) is 0. The molecule has 0 radical (unpaired) electrons. The molecule has 0 bridgehead atoms. The highest BCUT2D eigenvalue weighted by Crippen LogP contribution is 2.22. The summed E-state index contributed by atoms with van der Waals surface area (Å²) >= 11 is 5.88. The van der Waals surface area contributed by atoms with Crippen molar-refractivity contribution in [1.29, 1.82) is 0 Å². The molecule has 0 heterocycles. The zero-order valence-corrected chi connectivity index (χ0v) is 14.1. The summed E-state index contributed by atoms with van der Waals surface area (Å²) in [4.78, 5) is 23.0. The molecule has 0 aliphatic rings. The predicted molar refractivity (Wildman–Crippen MR) is 94.2 cm³/mol. The minimum atomic E-state index is -0.390. The van der Waals surface area contributed by atoms with E-state index in [0.29, 0.717) is 23.4 Å². The fourth-order valence-corrected chi connectivity index (χ4v) is 2.57. The first-order valence-corrected chi connectivity index (χ1v) is 8.30. The number of unbranched alkanes of at least 4 members (excludes halogenated alkanes) is 2.